The number of hydrogen-bond donors (Lipinski definition) is 0. The summed E-state index contributed by atoms with van der Waals surface area (Å²) in [5, 5.41) is 0.410. The standard InChI is InChI=1S/C13H10FNO3/c14-18-13(17)10-7-15(8-5-6-8)11-4-2-1-3-9(11)12(10)16/h1-4,7-8H,5-6H2. The molecule has 0 saturated heterocycles. The van der Waals surface area contributed by atoms with E-state index in [0.717, 1.165) is 18.4 Å². The molecule has 3 rings (SSSR count). The first-order valence-electron chi connectivity index (χ1n) is 5.69. The molecule has 0 unspecified atom stereocenters. The van der Waals surface area contributed by atoms with E-state index in [1.165, 1.54) is 6.20 Å². The zero-order valence-corrected chi connectivity index (χ0v) is 9.43. The summed E-state index contributed by atoms with van der Waals surface area (Å²) in [5.74, 6) is -1.24. The number of carbonyl (C=O) groups is 1. The summed E-state index contributed by atoms with van der Waals surface area (Å²) < 4.78 is 13.9. The highest BCUT2D eigenvalue weighted by Crippen LogP contribution is 2.36. The average Bonchev–Trinajstić information content (AvgIpc) is 3.23. The van der Waals surface area contributed by atoms with Crippen molar-refractivity contribution in [1.29, 1.82) is 0 Å². The minimum Gasteiger partial charge on any atom is -0.343 e. The highest BCUT2D eigenvalue weighted by Gasteiger charge is 2.27. The van der Waals surface area contributed by atoms with Gasteiger partial charge in [0.1, 0.15) is 5.56 Å². The molecule has 0 atom stereocenters. The van der Waals surface area contributed by atoms with Crippen LogP contribution in [0.2, 0.25) is 0 Å². The van der Waals surface area contributed by atoms with Crippen LogP contribution in [0.15, 0.2) is 35.3 Å². The van der Waals surface area contributed by atoms with Crippen molar-refractivity contribution in [2.75, 3.05) is 0 Å². The van der Waals surface area contributed by atoms with E-state index >= 15 is 0 Å². The summed E-state index contributed by atoms with van der Waals surface area (Å²) in [6, 6.07) is 7.27. The lowest BCUT2D eigenvalue weighted by molar-refractivity contribution is -0.0789. The highest BCUT2D eigenvalue weighted by atomic mass is 19.3. The number of halogens is 1. The monoisotopic (exact) mass is 247 g/mol. The predicted molar refractivity (Wildman–Crippen MR) is 63.0 cm³/mol. The number of nitrogens with zero attached hydrogens (tertiary/aromatic N) is 1. The van der Waals surface area contributed by atoms with Crippen LogP contribution < -0.4 is 5.43 Å². The second-order valence-corrected chi connectivity index (χ2v) is 4.39. The number of pyridine rings is 1. The van der Waals surface area contributed by atoms with Crippen molar-refractivity contribution >= 4 is 16.9 Å². The van der Waals surface area contributed by atoms with Gasteiger partial charge in [-0.05, 0) is 25.0 Å². The Morgan fingerprint density at radius 3 is 2.72 bits per heavy atom. The van der Waals surface area contributed by atoms with Gasteiger partial charge >= 0.3 is 5.97 Å². The molecule has 1 heterocycles. The predicted octanol–water partition coefficient (Wildman–Crippen LogP) is 2.38. The lowest BCUT2D eigenvalue weighted by Gasteiger charge is -2.10. The molecule has 1 fully saturated rings. The van der Waals surface area contributed by atoms with Crippen LogP contribution in [0.5, 0.6) is 0 Å². The first-order valence-corrected chi connectivity index (χ1v) is 5.69. The Labute approximate surface area is 101 Å². The maximum Gasteiger partial charge on any atom is 0.384 e. The second kappa shape index (κ2) is 3.94. The molecule has 1 saturated carbocycles. The maximum atomic E-state index is 12.0. The van der Waals surface area contributed by atoms with Gasteiger partial charge in [-0.15, -0.1) is 0 Å². The van der Waals surface area contributed by atoms with Gasteiger partial charge in [-0.3, -0.25) is 4.79 Å². The Balaban J connectivity index is 2.35. The SMILES string of the molecule is O=C(OF)c1cn(C2CC2)c2ccccc2c1=O. The third-order valence-corrected chi connectivity index (χ3v) is 3.17. The number of carbonyl (C=O) groups excluding carboxylic acids is 1. The van der Waals surface area contributed by atoms with Gasteiger partial charge < -0.3 is 4.57 Å². The van der Waals surface area contributed by atoms with Gasteiger partial charge in [0.2, 0.25) is 5.43 Å². The largest absolute Gasteiger partial charge is 0.384 e. The van der Waals surface area contributed by atoms with Crippen molar-refractivity contribution < 1.29 is 14.3 Å². The zero-order chi connectivity index (χ0) is 12.7. The number of hydrogen-bond acceptors (Lipinski definition) is 3. The molecule has 2 aromatic rings. The van der Waals surface area contributed by atoms with Crippen LogP contribution in [0.3, 0.4) is 0 Å². The molecule has 0 amide bonds. The van der Waals surface area contributed by atoms with Crippen LogP contribution in [0.4, 0.5) is 4.53 Å². The van der Waals surface area contributed by atoms with Gasteiger partial charge in [0.05, 0.1) is 5.52 Å². The van der Waals surface area contributed by atoms with Crippen LogP contribution in [-0.4, -0.2) is 10.5 Å². The normalized spacial score (nSPS) is 14.7. The van der Waals surface area contributed by atoms with E-state index in [2.05, 4.69) is 4.94 Å². The van der Waals surface area contributed by atoms with Crippen LogP contribution in [-0.2, 0) is 4.94 Å². The van der Waals surface area contributed by atoms with Crippen molar-refractivity contribution in [3.8, 4) is 0 Å². The molecule has 0 radical (unpaired) electrons. The van der Waals surface area contributed by atoms with Gasteiger partial charge in [0.25, 0.3) is 0 Å². The molecular weight excluding hydrogens is 237 g/mol. The number of para-hydroxylation sites is 1. The molecule has 0 spiro atoms. The Bertz CT molecular complexity index is 688. The molecule has 1 aliphatic carbocycles. The van der Waals surface area contributed by atoms with E-state index in [9.17, 15) is 14.1 Å². The first-order chi connectivity index (χ1) is 8.72. The Morgan fingerprint density at radius 1 is 1.33 bits per heavy atom. The molecule has 92 valence electrons. The summed E-state index contributed by atoms with van der Waals surface area (Å²) >= 11 is 0. The summed E-state index contributed by atoms with van der Waals surface area (Å²) in [6.07, 6.45) is 3.39. The Kier molecular flexibility index (Phi) is 2.40. The summed E-state index contributed by atoms with van der Waals surface area (Å²) in [7, 11) is 0. The molecule has 0 aliphatic heterocycles. The zero-order valence-electron chi connectivity index (χ0n) is 9.43. The van der Waals surface area contributed by atoms with E-state index in [1.807, 2.05) is 16.7 Å². The molecule has 0 N–H and O–H groups in total. The third-order valence-electron chi connectivity index (χ3n) is 3.17. The van der Waals surface area contributed by atoms with E-state index < -0.39 is 11.4 Å². The number of benzene rings is 1. The van der Waals surface area contributed by atoms with Crippen molar-refractivity contribution in [3.05, 3.63) is 46.2 Å². The van der Waals surface area contributed by atoms with Crippen molar-refractivity contribution in [3.63, 3.8) is 0 Å². The van der Waals surface area contributed by atoms with Crippen LogP contribution in [0.25, 0.3) is 10.9 Å². The fraction of sp³-hybridized carbons (Fsp3) is 0.231. The van der Waals surface area contributed by atoms with Crippen molar-refractivity contribution in [2.45, 2.75) is 18.9 Å². The third kappa shape index (κ3) is 1.59. The van der Waals surface area contributed by atoms with E-state index in [4.69, 9.17) is 0 Å². The fourth-order valence-electron chi connectivity index (χ4n) is 2.14. The summed E-state index contributed by atoms with van der Waals surface area (Å²) in [5.41, 5.74) is 0.00802. The first kappa shape index (κ1) is 11.0. The van der Waals surface area contributed by atoms with Gasteiger partial charge in [0.15, 0.2) is 0 Å². The molecule has 1 aromatic carbocycles. The van der Waals surface area contributed by atoms with Gasteiger partial charge in [-0.25, -0.2) is 9.74 Å². The second-order valence-electron chi connectivity index (χ2n) is 4.39. The number of fused-ring (bicyclic) bond motifs is 1. The topological polar surface area (TPSA) is 48.3 Å². The Hall–Kier alpha value is -2.17. The molecule has 4 nitrogen and oxygen atoms in total. The summed E-state index contributed by atoms with van der Waals surface area (Å²) in [6.45, 7) is 0. The quantitative estimate of drug-likeness (QED) is 0.818. The van der Waals surface area contributed by atoms with Gasteiger partial charge in [0, 0.05) is 22.2 Å². The fourth-order valence-corrected chi connectivity index (χ4v) is 2.14. The maximum absolute atomic E-state index is 12.0. The van der Waals surface area contributed by atoms with Crippen LogP contribution in [0, 0.1) is 0 Å². The van der Waals surface area contributed by atoms with Gasteiger partial charge in [-0.2, -0.15) is 0 Å². The minimum absolute atomic E-state index is 0.261. The van der Waals surface area contributed by atoms with Gasteiger partial charge in [-0.1, -0.05) is 12.1 Å². The van der Waals surface area contributed by atoms with E-state index in [-0.39, 0.29) is 11.6 Å². The molecule has 18 heavy (non-hydrogen) atoms. The van der Waals surface area contributed by atoms with Crippen molar-refractivity contribution in [1.82, 2.24) is 4.57 Å². The minimum atomic E-state index is -1.24. The smallest absolute Gasteiger partial charge is 0.343 e. The summed E-state index contributed by atoms with van der Waals surface area (Å²) in [4.78, 5) is 26.5. The van der Waals surface area contributed by atoms with E-state index in [1.54, 1.807) is 12.1 Å². The molecule has 5 heteroatoms. The Morgan fingerprint density at radius 2 is 2.06 bits per heavy atom. The lowest BCUT2D eigenvalue weighted by Crippen LogP contribution is -2.19. The molecule has 1 aliphatic rings. The number of rotatable bonds is 2. The number of aromatic nitrogens is 1. The molecule has 1 aromatic heterocycles. The average molecular weight is 247 g/mol. The molecule has 0 bridgehead atoms. The van der Waals surface area contributed by atoms with Crippen molar-refractivity contribution in [2.24, 2.45) is 0 Å². The molecular formula is C13H10FNO3. The van der Waals surface area contributed by atoms with Crippen LogP contribution in [0.1, 0.15) is 29.2 Å². The van der Waals surface area contributed by atoms with E-state index in [0.29, 0.717) is 5.39 Å². The lowest BCUT2D eigenvalue weighted by atomic mass is 10.1. The highest BCUT2D eigenvalue weighted by molar-refractivity contribution is 5.93. The van der Waals surface area contributed by atoms with Crippen LogP contribution >= 0.6 is 0 Å².